The highest BCUT2D eigenvalue weighted by Gasteiger charge is 2.12. The zero-order chi connectivity index (χ0) is 21.1. The smallest absolute Gasteiger partial charge is 0.142 e. The monoisotopic (exact) mass is 464 g/mol. The van der Waals surface area contributed by atoms with Gasteiger partial charge in [0.2, 0.25) is 0 Å². The Kier molecular flexibility index (Phi) is 6.41. The van der Waals surface area contributed by atoms with Gasteiger partial charge in [0.25, 0.3) is 0 Å². The number of aromatic amines is 1. The molecule has 4 rings (SSSR count). The topological polar surface area (TPSA) is 54.9 Å². The number of nitrogens with zero attached hydrogens (tertiary/aromatic N) is 2. The van der Waals surface area contributed by atoms with Crippen LogP contribution in [0, 0.1) is 5.82 Å². The Labute approximate surface area is 187 Å². The maximum absolute atomic E-state index is 14.5. The van der Waals surface area contributed by atoms with E-state index in [1.807, 2.05) is 23.9 Å². The van der Waals surface area contributed by atoms with E-state index in [0.29, 0.717) is 27.3 Å². The van der Waals surface area contributed by atoms with E-state index < -0.39 is 0 Å². The summed E-state index contributed by atoms with van der Waals surface area (Å²) in [4.78, 5) is 7.64. The van der Waals surface area contributed by atoms with E-state index in [0.717, 1.165) is 35.1 Å². The Balaban J connectivity index is 1.35. The van der Waals surface area contributed by atoms with Crippen LogP contribution >= 0.6 is 35.1 Å². The van der Waals surface area contributed by atoms with Crippen molar-refractivity contribution in [2.24, 2.45) is 7.05 Å². The molecule has 30 heavy (non-hydrogen) atoms. The van der Waals surface area contributed by atoms with Crippen LogP contribution < -0.4 is 9.46 Å². The van der Waals surface area contributed by atoms with Gasteiger partial charge in [0, 0.05) is 36.6 Å². The van der Waals surface area contributed by atoms with Crippen LogP contribution in [0.1, 0.15) is 12.1 Å². The lowest BCUT2D eigenvalue weighted by molar-refractivity contribution is 0.308. The fraction of sp³-hybridized carbons (Fsp3) is 0.190. The third kappa shape index (κ3) is 4.53. The average molecular weight is 465 g/mol. The minimum absolute atomic E-state index is 0.355. The molecule has 0 saturated heterocycles. The van der Waals surface area contributed by atoms with E-state index in [-0.39, 0.29) is 5.82 Å². The molecule has 0 aliphatic carbocycles. The van der Waals surface area contributed by atoms with Gasteiger partial charge in [0.1, 0.15) is 11.6 Å². The third-order valence-corrected chi connectivity index (χ3v) is 6.16. The van der Waals surface area contributed by atoms with Gasteiger partial charge < -0.3 is 19.0 Å². The summed E-state index contributed by atoms with van der Waals surface area (Å²) in [6.07, 6.45) is 6.97. The van der Waals surface area contributed by atoms with Crippen molar-refractivity contribution in [1.29, 1.82) is 0 Å². The number of anilines is 1. The van der Waals surface area contributed by atoms with Gasteiger partial charge in [0.15, 0.2) is 0 Å². The minimum Gasteiger partial charge on any atom is -0.493 e. The molecule has 156 valence electrons. The lowest BCUT2D eigenvalue weighted by Crippen LogP contribution is -2.02. The summed E-state index contributed by atoms with van der Waals surface area (Å²) in [5.74, 6) is 0.151. The van der Waals surface area contributed by atoms with Crippen molar-refractivity contribution in [2.45, 2.75) is 17.7 Å². The molecule has 9 heteroatoms. The minimum atomic E-state index is -0.355. The molecule has 0 spiro atoms. The largest absolute Gasteiger partial charge is 0.493 e. The number of fused-ring (bicyclic) bond motifs is 1. The van der Waals surface area contributed by atoms with E-state index in [4.69, 9.17) is 27.9 Å². The Hall–Kier alpha value is -2.35. The van der Waals surface area contributed by atoms with Gasteiger partial charge in [-0.1, -0.05) is 23.2 Å². The summed E-state index contributed by atoms with van der Waals surface area (Å²) in [6.45, 7) is 0.506. The lowest BCUT2D eigenvalue weighted by atomic mass is 10.2. The molecule has 4 aromatic rings. The second kappa shape index (κ2) is 9.20. The van der Waals surface area contributed by atoms with Crippen LogP contribution in [0.5, 0.6) is 5.75 Å². The predicted molar refractivity (Wildman–Crippen MR) is 121 cm³/mol. The van der Waals surface area contributed by atoms with E-state index in [1.54, 1.807) is 30.7 Å². The van der Waals surface area contributed by atoms with Crippen LogP contribution in [-0.4, -0.2) is 21.1 Å². The maximum atomic E-state index is 14.5. The quantitative estimate of drug-likeness (QED) is 0.231. The molecular weight excluding hydrogens is 446 g/mol. The first-order valence-electron chi connectivity index (χ1n) is 9.28. The zero-order valence-electron chi connectivity index (χ0n) is 16.1. The summed E-state index contributed by atoms with van der Waals surface area (Å²) in [6, 6.07) is 8.43. The van der Waals surface area contributed by atoms with Crippen LogP contribution in [-0.2, 0) is 13.5 Å². The molecule has 0 amide bonds. The Morgan fingerprint density at radius 1 is 1.23 bits per heavy atom. The highest BCUT2D eigenvalue weighted by molar-refractivity contribution is 8.00. The van der Waals surface area contributed by atoms with Crippen molar-refractivity contribution >= 4 is 51.7 Å². The highest BCUT2D eigenvalue weighted by Crippen LogP contribution is 2.36. The van der Waals surface area contributed by atoms with Crippen LogP contribution in [0.2, 0.25) is 10.0 Å². The number of ether oxygens (including phenoxy) is 1. The number of hydrogen-bond acceptors (Lipinski definition) is 4. The molecule has 0 aliphatic rings. The SMILES string of the molecule is Cn1cncc1CCCOc1ccc(SNc2ccc(Cl)c3c(Cl)c[nH]c23)c(F)c1. The molecule has 0 fully saturated rings. The van der Waals surface area contributed by atoms with Crippen LogP contribution in [0.4, 0.5) is 10.1 Å². The molecule has 2 N–H and O–H groups in total. The molecule has 0 saturated carbocycles. The normalized spacial score (nSPS) is 11.2. The average Bonchev–Trinajstić information content (AvgIpc) is 3.32. The first kappa shape index (κ1) is 20.9. The second-order valence-corrected chi connectivity index (χ2v) is 8.39. The fourth-order valence-electron chi connectivity index (χ4n) is 3.09. The second-order valence-electron chi connectivity index (χ2n) is 6.73. The highest BCUT2D eigenvalue weighted by atomic mass is 35.5. The van der Waals surface area contributed by atoms with Gasteiger partial charge in [-0.25, -0.2) is 9.37 Å². The summed E-state index contributed by atoms with van der Waals surface area (Å²) in [7, 11) is 1.96. The van der Waals surface area contributed by atoms with Crippen LogP contribution in [0.25, 0.3) is 10.9 Å². The van der Waals surface area contributed by atoms with E-state index in [1.165, 1.54) is 18.0 Å². The van der Waals surface area contributed by atoms with Gasteiger partial charge in [-0.15, -0.1) is 0 Å². The standard InChI is InChI=1S/C21H19Cl2FN4OS/c1-28-12-25-10-13(28)3-2-8-29-14-4-7-19(17(24)9-14)30-27-18-6-5-15(22)20-16(23)11-26-21(18)20/h4-7,9-12,26-27H,2-3,8H2,1H3. The molecule has 0 radical (unpaired) electrons. The van der Waals surface area contributed by atoms with Crippen molar-refractivity contribution in [3.05, 3.63) is 70.6 Å². The molecule has 2 aromatic carbocycles. The first-order valence-corrected chi connectivity index (χ1v) is 10.9. The number of rotatable bonds is 8. The van der Waals surface area contributed by atoms with Crippen LogP contribution in [0.3, 0.4) is 0 Å². The molecule has 0 atom stereocenters. The van der Waals surface area contributed by atoms with Gasteiger partial charge in [-0.05, 0) is 49.1 Å². The molecule has 0 bridgehead atoms. The number of nitrogens with one attached hydrogen (secondary N) is 2. The summed E-state index contributed by atoms with van der Waals surface area (Å²) >= 11 is 13.5. The van der Waals surface area contributed by atoms with Crippen molar-refractivity contribution in [3.63, 3.8) is 0 Å². The van der Waals surface area contributed by atoms with Gasteiger partial charge >= 0.3 is 0 Å². The Bertz CT molecular complexity index is 1180. The molecule has 5 nitrogen and oxygen atoms in total. The number of H-pyrrole nitrogens is 1. The van der Waals surface area contributed by atoms with E-state index in [9.17, 15) is 4.39 Å². The molecule has 0 unspecified atom stereocenters. The summed E-state index contributed by atoms with van der Waals surface area (Å²) in [5, 5.41) is 1.84. The number of halogens is 3. The Morgan fingerprint density at radius 2 is 2.10 bits per heavy atom. The van der Waals surface area contributed by atoms with E-state index >= 15 is 0 Å². The molecule has 2 aromatic heterocycles. The number of hydrogen-bond donors (Lipinski definition) is 2. The number of imidazole rings is 1. The first-order chi connectivity index (χ1) is 14.5. The molecule has 2 heterocycles. The maximum Gasteiger partial charge on any atom is 0.142 e. The van der Waals surface area contributed by atoms with Crippen molar-refractivity contribution in [3.8, 4) is 5.75 Å². The van der Waals surface area contributed by atoms with Crippen molar-refractivity contribution in [1.82, 2.24) is 14.5 Å². The predicted octanol–water partition coefficient (Wildman–Crippen LogP) is 6.48. The molecular formula is C21H19Cl2FN4OS. The molecule has 0 aliphatic heterocycles. The van der Waals surface area contributed by atoms with Gasteiger partial charge in [0.05, 0.1) is 39.1 Å². The third-order valence-electron chi connectivity index (χ3n) is 4.67. The van der Waals surface area contributed by atoms with Gasteiger partial charge in [-0.2, -0.15) is 0 Å². The van der Waals surface area contributed by atoms with E-state index in [2.05, 4.69) is 14.7 Å². The lowest BCUT2D eigenvalue weighted by Gasteiger charge is -2.10. The summed E-state index contributed by atoms with van der Waals surface area (Å²) in [5.41, 5.74) is 2.68. The number of aromatic nitrogens is 3. The van der Waals surface area contributed by atoms with Crippen molar-refractivity contribution < 1.29 is 9.13 Å². The Morgan fingerprint density at radius 3 is 2.87 bits per heavy atom. The van der Waals surface area contributed by atoms with Crippen LogP contribution in [0.15, 0.2) is 53.9 Å². The summed E-state index contributed by atoms with van der Waals surface area (Å²) < 4.78 is 25.3. The number of benzene rings is 2. The zero-order valence-corrected chi connectivity index (χ0v) is 18.4. The number of aryl methyl sites for hydroxylation is 2. The van der Waals surface area contributed by atoms with Crippen molar-refractivity contribution in [2.75, 3.05) is 11.3 Å². The fourth-order valence-corrected chi connectivity index (χ4v) is 4.33. The van der Waals surface area contributed by atoms with Gasteiger partial charge in [-0.3, -0.25) is 0 Å².